The van der Waals surface area contributed by atoms with E-state index in [2.05, 4.69) is 35.8 Å². The number of oxazole rings is 1. The standard InChI is InChI=1S/C14H18BrNO2/c1-4-16-12-6-5-10(11(15)7-9(2)3)8-13(12)18-14(16)17/h5-6,8-9,11H,4,7H2,1-3H3. The zero-order valence-corrected chi connectivity index (χ0v) is 12.5. The van der Waals surface area contributed by atoms with E-state index in [1.54, 1.807) is 4.57 Å². The van der Waals surface area contributed by atoms with Crippen LogP contribution < -0.4 is 5.76 Å². The molecular formula is C14H18BrNO2. The number of hydrogen-bond donors (Lipinski definition) is 0. The van der Waals surface area contributed by atoms with Gasteiger partial charge in [-0.05, 0) is 37.0 Å². The molecule has 4 heteroatoms. The van der Waals surface area contributed by atoms with Crippen LogP contribution in [0.5, 0.6) is 0 Å². The molecule has 0 saturated heterocycles. The zero-order chi connectivity index (χ0) is 13.3. The molecule has 1 aromatic carbocycles. The fourth-order valence-corrected chi connectivity index (χ4v) is 3.16. The highest BCUT2D eigenvalue weighted by molar-refractivity contribution is 9.09. The van der Waals surface area contributed by atoms with Gasteiger partial charge in [-0.25, -0.2) is 4.79 Å². The van der Waals surface area contributed by atoms with Gasteiger partial charge in [-0.3, -0.25) is 4.57 Å². The third kappa shape index (κ3) is 2.53. The second kappa shape index (κ2) is 5.31. The van der Waals surface area contributed by atoms with Crippen molar-refractivity contribution in [1.82, 2.24) is 4.57 Å². The summed E-state index contributed by atoms with van der Waals surface area (Å²) in [6.07, 6.45) is 1.06. The summed E-state index contributed by atoms with van der Waals surface area (Å²) in [7, 11) is 0. The second-order valence-electron chi connectivity index (χ2n) is 4.94. The Morgan fingerprint density at radius 2 is 2.11 bits per heavy atom. The van der Waals surface area contributed by atoms with E-state index in [4.69, 9.17) is 4.42 Å². The summed E-state index contributed by atoms with van der Waals surface area (Å²) in [4.78, 5) is 11.9. The van der Waals surface area contributed by atoms with Gasteiger partial charge >= 0.3 is 5.76 Å². The van der Waals surface area contributed by atoms with E-state index in [0.717, 1.165) is 17.5 Å². The lowest BCUT2D eigenvalue weighted by Gasteiger charge is -2.12. The van der Waals surface area contributed by atoms with Gasteiger partial charge in [0.2, 0.25) is 0 Å². The Balaban J connectivity index is 2.42. The van der Waals surface area contributed by atoms with Crippen LogP contribution in [-0.4, -0.2) is 4.57 Å². The van der Waals surface area contributed by atoms with Crippen LogP contribution in [0.4, 0.5) is 0 Å². The highest BCUT2D eigenvalue weighted by atomic mass is 79.9. The van der Waals surface area contributed by atoms with Gasteiger partial charge in [0.25, 0.3) is 0 Å². The lowest BCUT2D eigenvalue weighted by Crippen LogP contribution is -2.11. The number of halogens is 1. The predicted molar refractivity (Wildman–Crippen MR) is 77.3 cm³/mol. The maximum Gasteiger partial charge on any atom is 0.419 e. The number of aromatic nitrogens is 1. The fraction of sp³-hybridized carbons (Fsp3) is 0.500. The molecule has 0 fully saturated rings. The molecule has 0 spiro atoms. The Morgan fingerprint density at radius 3 is 2.72 bits per heavy atom. The topological polar surface area (TPSA) is 35.1 Å². The Hall–Kier alpha value is -1.03. The van der Waals surface area contributed by atoms with Crippen molar-refractivity contribution in [2.24, 2.45) is 5.92 Å². The average Bonchev–Trinajstić information content (AvgIpc) is 2.62. The van der Waals surface area contributed by atoms with Crippen molar-refractivity contribution in [3.8, 4) is 0 Å². The quantitative estimate of drug-likeness (QED) is 0.797. The first kappa shape index (κ1) is 13.4. The van der Waals surface area contributed by atoms with E-state index in [9.17, 15) is 4.79 Å². The minimum Gasteiger partial charge on any atom is -0.408 e. The lowest BCUT2D eigenvalue weighted by atomic mass is 10.0. The molecule has 0 aliphatic heterocycles. The summed E-state index contributed by atoms with van der Waals surface area (Å²) in [6, 6.07) is 5.99. The molecule has 0 saturated carbocycles. The van der Waals surface area contributed by atoms with E-state index in [0.29, 0.717) is 22.9 Å². The minimum atomic E-state index is -0.278. The van der Waals surface area contributed by atoms with Crippen molar-refractivity contribution in [3.05, 3.63) is 34.3 Å². The van der Waals surface area contributed by atoms with Crippen molar-refractivity contribution in [2.45, 2.75) is 38.6 Å². The van der Waals surface area contributed by atoms with Gasteiger partial charge in [-0.1, -0.05) is 35.8 Å². The maximum absolute atomic E-state index is 11.6. The number of hydrogen-bond acceptors (Lipinski definition) is 2. The largest absolute Gasteiger partial charge is 0.419 e. The van der Waals surface area contributed by atoms with Gasteiger partial charge in [0.05, 0.1) is 5.52 Å². The van der Waals surface area contributed by atoms with Gasteiger partial charge in [-0.15, -0.1) is 0 Å². The van der Waals surface area contributed by atoms with Crippen molar-refractivity contribution < 1.29 is 4.42 Å². The summed E-state index contributed by atoms with van der Waals surface area (Å²) in [5.74, 6) is 0.344. The monoisotopic (exact) mass is 311 g/mol. The van der Waals surface area contributed by atoms with E-state index in [-0.39, 0.29) is 5.76 Å². The summed E-state index contributed by atoms with van der Waals surface area (Å²) in [5.41, 5.74) is 2.70. The number of rotatable bonds is 4. The molecule has 98 valence electrons. The summed E-state index contributed by atoms with van der Waals surface area (Å²) in [6.45, 7) is 6.96. The molecule has 0 aliphatic carbocycles. The summed E-state index contributed by atoms with van der Waals surface area (Å²) in [5, 5.41) is 0. The first-order chi connectivity index (χ1) is 8.52. The van der Waals surface area contributed by atoms with E-state index in [1.807, 2.05) is 19.1 Å². The van der Waals surface area contributed by atoms with E-state index >= 15 is 0 Å². The smallest absolute Gasteiger partial charge is 0.408 e. The molecule has 18 heavy (non-hydrogen) atoms. The highest BCUT2D eigenvalue weighted by Gasteiger charge is 2.13. The summed E-state index contributed by atoms with van der Waals surface area (Å²) >= 11 is 3.69. The Bertz CT molecular complexity index is 597. The number of fused-ring (bicyclic) bond motifs is 1. The first-order valence-corrected chi connectivity index (χ1v) is 7.21. The third-order valence-corrected chi connectivity index (χ3v) is 3.95. The molecule has 0 radical (unpaired) electrons. The van der Waals surface area contributed by atoms with Crippen molar-refractivity contribution in [3.63, 3.8) is 0 Å². The molecule has 1 aromatic heterocycles. The second-order valence-corrected chi connectivity index (χ2v) is 6.04. The number of nitrogens with zero attached hydrogens (tertiary/aromatic N) is 1. The van der Waals surface area contributed by atoms with Crippen LogP contribution in [0.1, 0.15) is 37.6 Å². The van der Waals surface area contributed by atoms with Gasteiger partial charge in [0.1, 0.15) is 0 Å². The SMILES string of the molecule is CCn1c(=O)oc2cc(C(Br)CC(C)C)ccc21. The van der Waals surface area contributed by atoms with Crippen LogP contribution in [-0.2, 0) is 6.54 Å². The van der Waals surface area contributed by atoms with Crippen LogP contribution in [0.2, 0.25) is 0 Å². The molecule has 0 bridgehead atoms. The first-order valence-electron chi connectivity index (χ1n) is 6.30. The van der Waals surface area contributed by atoms with Crippen LogP contribution in [0.3, 0.4) is 0 Å². The summed E-state index contributed by atoms with van der Waals surface area (Å²) < 4.78 is 6.92. The molecule has 2 rings (SSSR count). The van der Waals surface area contributed by atoms with Crippen molar-refractivity contribution >= 4 is 27.0 Å². The number of alkyl halides is 1. The minimum absolute atomic E-state index is 0.278. The molecule has 2 aromatic rings. The van der Waals surface area contributed by atoms with Gasteiger partial charge in [0, 0.05) is 11.4 Å². The predicted octanol–water partition coefficient (Wildman–Crippen LogP) is 4.10. The van der Waals surface area contributed by atoms with Gasteiger partial charge in [-0.2, -0.15) is 0 Å². The number of aryl methyl sites for hydroxylation is 1. The average molecular weight is 312 g/mol. The van der Waals surface area contributed by atoms with Gasteiger partial charge < -0.3 is 4.42 Å². The molecule has 3 nitrogen and oxygen atoms in total. The maximum atomic E-state index is 11.6. The molecule has 0 aliphatic rings. The number of benzene rings is 1. The lowest BCUT2D eigenvalue weighted by molar-refractivity contribution is 0.512. The molecule has 0 N–H and O–H groups in total. The normalized spacial score (nSPS) is 13.4. The zero-order valence-electron chi connectivity index (χ0n) is 10.9. The van der Waals surface area contributed by atoms with Crippen LogP contribution in [0.25, 0.3) is 11.1 Å². The van der Waals surface area contributed by atoms with Crippen molar-refractivity contribution in [1.29, 1.82) is 0 Å². The third-order valence-electron chi connectivity index (χ3n) is 3.05. The van der Waals surface area contributed by atoms with Crippen molar-refractivity contribution in [2.75, 3.05) is 0 Å². The Kier molecular flexibility index (Phi) is 3.95. The Labute approximate surface area is 115 Å². The molecule has 1 unspecified atom stereocenters. The molecular weight excluding hydrogens is 294 g/mol. The highest BCUT2D eigenvalue weighted by Crippen LogP contribution is 2.31. The molecule has 1 heterocycles. The van der Waals surface area contributed by atoms with Gasteiger partial charge in [0.15, 0.2) is 5.58 Å². The Morgan fingerprint density at radius 1 is 1.39 bits per heavy atom. The molecule has 0 amide bonds. The van der Waals surface area contributed by atoms with E-state index in [1.165, 1.54) is 0 Å². The van der Waals surface area contributed by atoms with E-state index < -0.39 is 0 Å². The van der Waals surface area contributed by atoms with Crippen LogP contribution >= 0.6 is 15.9 Å². The fourth-order valence-electron chi connectivity index (χ4n) is 2.13. The van der Waals surface area contributed by atoms with Crippen LogP contribution in [0, 0.1) is 5.92 Å². The molecule has 1 atom stereocenters. The van der Waals surface area contributed by atoms with Crippen LogP contribution in [0.15, 0.2) is 27.4 Å².